The van der Waals surface area contributed by atoms with Crippen LogP contribution in [0.5, 0.6) is 0 Å². The Hall–Kier alpha value is -0.0800. The van der Waals surface area contributed by atoms with Crippen LogP contribution in [0.4, 0.5) is 0 Å². The van der Waals surface area contributed by atoms with Gasteiger partial charge in [-0.1, -0.05) is 20.3 Å². The summed E-state index contributed by atoms with van der Waals surface area (Å²) in [4.78, 5) is 0. The average molecular weight is 239 g/mol. The Morgan fingerprint density at radius 1 is 1.24 bits per heavy atom. The van der Waals surface area contributed by atoms with Gasteiger partial charge in [0.2, 0.25) is 0 Å². The lowest BCUT2D eigenvalue weighted by molar-refractivity contribution is 0.107. The lowest BCUT2D eigenvalue weighted by Crippen LogP contribution is -2.27. The van der Waals surface area contributed by atoms with Gasteiger partial charge >= 0.3 is 0 Å². The molecule has 0 aromatic carbocycles. The van der Waals surface area contributed by atoms with Crippen molar-refractivity contribution < 1.29 is 4.74 Å². The van der Waals surface area contributed by atoms with Crippen molar-refractivity contribution in [3.63, 3.8) is 0 Å². The first kappa shape index (κ1) is 13.4. The number of hydrogen-bond donors (Lipinski definition) is 1. The molecule has 3 unspecified atom stereocenters. The van der Waals surface area contributed by atoms with E-state index < -0.39 is 0 Å². The molecule has 0 aliphatic heterocycles. The van der Waals surface area contributed by atoms with Crippen LogP contribution in [0.2, 0.25) is 0 Å². The third-order valence-electron chi connectivity index (χ3n) is 4.38. The molecule has 0 saturated heterocycles. The van der Waals surface area contributed by atoms with Crippen molar-refractivity contribution in [3.05, 3.63) is 0 Å². The van der Waals surface area contributed by atoms with Crippen molar-refractivity contribution in [3.8, 4) is 0 Å². The molecule has 0 amide bonds. The highest BCUT2D eigenvalue weighted by Gasteiger charge is 2.38. The van der Waals surface area contributed by atoms with Crippen LogP contribution in [0.25, 0.3) is 0 Å². The number of rotatable bonds is 8. The summed E-state index contributed by atoms with van der Waals surface area (Å²) in [6.45, 7) is 8.62. The predicted octanol–water partition coefficient (Wildman–Crippen LogP) is 3.07. The van der Waals surface area contributed by atoms with Crippen molar-refractivity contribution in [1.82, 2.24) is 5.32 Å². The molecule has 17 heavy (non-hydrogen) atoms. The van der Waals surface area contributed by atoms with E-state index in [4.69, 9.17) is 4.74 Å². The van der Waals surface area contributed by atoms with Crippen molar-refractivity contribution in [1.29, 1.82) is 0 Å². The minimum atomic E-state index is 0.664. The number of hydrogen-bond acceptors (Lipinski definition) is 2. The number of fused-ring (bicyclic) bond motifs is 2. The quantitative estimate of drug-likeness (QED) is 0.657. The van der Waals surface area contributed by atoms with Gasteiger partial charge in [0.05, 0.1) is 0 Å². The largest absolute Gasteiger partial charge is 0.381 e. The third kappa shape index (κ3) is 4.26. The van der Waals surface area contributed by atoms with E-state index in [0.29, 0.717) is 5.92 Å². The molecule has 0 spiro atoms. The molecule has 0 radical (unpaired) electrons. The summed E-state index contributed by atoms with van der Waals surface area (Å²) in [5.74, 6) is 3.80. The van der Waals surface area contributed by atoms with Crippen molar-refractivity contribution >= 4 is 0 Å². The van der Waals surface area contributed by atoms with Crippen LogP contribution >= 0.6 is 0 Å². The first-order chi connectivity index (χ1) is 8.25. The van der Waals surface area contributed by atoms with Crippen LogP contribution in [-0.2, 0) is 4.74 Å². The van der Waals surface area contributed by atoms with Crippen molar-refractivity contribution in [2.24, 2.45) is 23.7 Å². The molecule has 0 aromatic rings. The van der Waals surface area contributed by atoms with Gasteiger partial charge in [0.15, 0.2) is 0 Å². The van der Waals surface area contributed by atoms with E-state index in [1.807, 2.05) is 0 Å². The topological polar surface area (TPSA) is 21.3 Å². The fraction of sp³-hybridized carbons (Fsp3) is 1.00. The van der Waals surface area contributed by atoms with Crippen molar-refractivity contribution in [2.45, 2.75) is 46.0 Å². The fourth-order valence-corrected chi connectivity index (χ4v) is 3.53. The molecular weight excluding hydrogens is 210 g/mol. The molecule has 100 valence electrons. The molecule has 2 fully saturated rings. The van der Waals surface area contributed by atoms with Crippen LogP contribution in [0.1, 0.15) is 46.0 Å². The summed E-state index contributed by atoms with van der Waals surface area (Å²) in [6.07, 6.45) is 7.22. The summed E-state index contributed by atoms with van der Waals surface area (Å²) < 4.78 is 5.58. The van der Waals surface area contributed by atoms with Crippen LogP contribution in [0.15, 0.2) is 0 Å². The van der Waals surface area contributed by atoms with E-state index in [-0.39, 0.29) is 0 Å². The zero-order chi connectivity index (χ0) is 12.1. The minimum Gasteiger partial charge on any atom is -0.381 e. The molecular formula is C15H29NO. The van der Waals surface area contributed by atoms with E-state index in [9.17, 15) is 0 Å². The molecule has 2 rings (SSSR count). The van der Waals surface area contributed by atoms with Gasteiger partial charge in [-0.05, 0) is 62.4 Å². The highest BCUT2D eigenvalue weighted by molar-refractivity contribution is 4.90. The first-order valence-electron chi connectivity index (χ1n) is 7.54. The van der Waals surface area contributed by atoms with Gasteiger partial charge in [-0.3, -0.25) is 0 Å². The summed E-state index contributed by atoms with van der Waals surface area (Å²) in [6, 6.07) is 0. The fourth-order valence-electron chi connectivity index (χ4n) is 3.53. The maximum atomic E-state index is 5.58. The second kappa shape index (κ2) is 6.75. The summed E-state index contributed by atoms with van der Waals surface area (Å²) in [5, 5.41) is 3.62. The van der Waals surface area contributed by atoms with Crippen LogP contribution in [0, 0.1) is 23.7 Å². The maximum absolute atomic E-state index is 5.58. The third-order valence-corrected chi connectivity index (χ3v) is 4.38. The van der Waals surface area contributed by atoms with Gasteiger partial charge in [0.25, 0.3) is 0 Å². The standard InChI is InChI=1S/C15H29NO/c1-12(2)11-17-7-3-6-16-10-15-9-13-4-5-14(15)8-13/h12-16H,3-11H2,1-2H3. The zero-order valence-electron chi connectivity index (χ0n) is 11.6. The molecule has 3 atom stereocenters. The monoisotopic (exact) mass is 239 g/mol. The van der Waals surface area contributed by atoms with Crippen LogP contribution in [0.3, 0.4) is 0 Å². The smallest absolute Gasteiger partial charge is 0.0489 e. The van der Waals surface area contributed by atoms with E-state index in [1.54, 1.807) is 0 Å². The van der Waals surface area contributed by atoms with E-state index in [2.05, 4.69) is 19.2 Å². The molecule has 2 aliphatic rings. The van der Waals surface area contributed by atoms with E-state index in [0.717, 1.165) is 43.9 Å². The van der Waals surface area contributed by atoms with Gasteiger partial charge < -0.3 is 10.1 Å². The molecule has 2 nitrogen and oxygen atoms in total. The molecule has 2 bridgehead atoms. The second-order valence-electron chi connectivity index (χ2n) is 6.46. The van der Waals surface area contributed by atoms with Crippen LogP contribution in [-0.4, -0.2) is 26.3 Å². The summed E-state index contributed by atoms with van der Waals surface area (Å²) >= 11 is 0. The normalized spacial score (nSPS) is 31.6. The lowest BCUT2D eigenvalue weighted by Gasteiger charge is -2.21. The highest BCUT2D eigenvalue weighted by atomic mass is 16.5. The Morgan fingerprint density at radius 3 is 2.76 bits per heavy atom. The number of nitrogens with one attached hydrogen (secondary N) is 1. The van der Waals surface area contributed by atoms with Gasteiger partial charge in [0.1, 0.15) is 0 Å². The molecule has 0 aromatic heterocycles. The summed E-state index contributed by atoms with van der Waals surface area (Å²) in [7, 11) is 0. The Morgan fingerprint density at radius 2 is 2.12 bits per heavy atom. The second-order valence-corrected chi connectivity index (χ2v) is 6.46. The average Bonchev–Trinajstić information content (AvgIpc) is 2.89. The molecule has 2 heteroatoms. The van der Waals surface area contributed by atoms with E-state index >= 15 is 0 Å². The van der Waals surface area contributed by atoms with E-state index in [1.165, 1.54) is 32.2 Å². The van der Waals surface area contributed by atoms with Gasteiger partial charge in [-0.2, -0.15) is 0 Å². The SMILES string of the molecule is CC(C)COCCCNCC1CC2CCC1C2. The Kier molecular flexibility index (Phi) is 5.30. The van der Waals surface area contributed by atoms with Gasteiger partial charge in [0, 0.05) is 13.2 Å². The molecule has 0 heterocycles. The van der Waals surface area contributed by atoms with Gasteiger partial charge in [-0.15, -0.1) is 0 Å². The molecule has 2 aliphatic carbocycles. The lowest BCUT2D eigenvalue weighted by atomic mass is 9.89. The highest BCUT2D eigenvalue weighted by Crippen LogP contribution is 2.47. The minimum absolute atomic E-state index is 0.664. The van der Waals surface area contributed by atoms with Crippen molar-refractivity contribution in [2.75, 3.05) is 26.3 Å². The Balaban J connectivity index is 1.42. The Bertz CT molecular complexity index is 217. The molecule has 1 N–H and O–H groups in total. The molecule has 2 saturated carbocycles. The summed E-state index contributed by atoms with van der Waals surface area (Å²) in [5.41, 5.74) is 0. The first-order valence-corrected chi connectivity index (χ1v) is 7.54. The maximum Gasteiger partial charge on any atom is 0.0489 e. The predicted molar refractivity (Wildman–Crippen MR) is 72.1 cm³/mol. The number of ether oxygens (including phenoxy) is 1. The zero-order valence-corrected chi connectivity index (χ0v) is 11.6. The van der Waals surface area contributed by atoms with Gasteiger partial charge in [-0.25, -0.2) is 0 Å². The Labute approximate surface area is 107 Å². The van der Waals surface area contributed by atoms with Crippen LogP contribution < -0.4 is 5.32 Å².